The molecule has 2 aromatic carbocycles. The number of nitrogens with zero attached hydrogens (tertiary/aromatic N) is 1. The second-order valence-corrected chi connectivity index (χ2v) is 4.05. The fraction of sp³-hybridized carbons (Fsp3) is 0.0667. The second kappa shape index (κ2) is 6.38. The lowest BCUT2D eigenvalue weighted by Crippen LogP contribution is -2.18. The number of anilines is 1. The molecule has 0 aromatic heterocycles. The second-order valence-electron chi connectivity index (χ2n) is 4.05. The molecule has 2 aromatic rings. The van der Waals surface area contributed by atoms with E-state index in [1.807, 2.05) is 12.1 Å². The van der Waals surface area contributed by atoms with Crippen molar-refractivity contribution in [2.75, 3.05) is 12.4 Å². The van der Waals surface area contributed by atoms with E-state index in [9.17, 15) is 9.90 Å². The average molecular weight is 269 g/mol. The summed E-state index contributed by atoms with van der Waals surface area (Å²) >= 11 is 0. The molecule has 20 heavy (non-hydrogen) atoms. The van der Waals surface area contributed by atoms with Crippen molar-refractivity contribution < 1.29 is 9.90 Å². The molecule has 0 saturated heterocycles. The molecule has 0 radical (unpaired) electrons. The molecule has 1 amide bonds. The molecule has 2 rings (SSSR count). The Hall–Kier alpha value is -2.82. The van der Waals surface area contributed by atoms with Gasteiger partial charge in [-0.2, -0.15) is 5.10 Å². The zero-order chi connectivity index (χ0) is 14.4. The Morgan fingerprint density at radius 2 is 1.85 bits per heavy atom. The van der Waals surface area contributed by atoms with Gasteiger partial charge in [-0.3, -0.25) is 4.79 Å². The van der Waals surface area contributed by atoms with Crippen LogP contribution in [-0.2, 0) is 0 Å². The van der Waals surface area contributed by atoms with Crippen molar-refractivity contribution in [3.63, 3.8) is 0 Å². The Morgan fingerprint density at radius 3 is 2.60 bits per heavy atom. The number of carbonyl (C=O) groups excluding carboxylic acids is 1. The minimum absolute atomic E-state index is 0.112. The summed E-state index contributed by atoms with van der Waals surface area (Å²) in [5, 5.41) is 16.3. The number of amides is 1. The summed E-state index contributed by atoms with van der Waals surface area (Å²) in [5.74, 6) is -0.206. The predicted molar refractivity (Wildman–Crippen MR) is 79.2 cm³/mol. The van der Waals surface area contributed by atoms with E-state index in [2.05, 4.69) is 15.8 Å². The number of hydrogen-bond donors (Lipinski definition) is 3. The summed E-state index contributed by atoms with van der Waals surface area (Å²) in [4.78, 5) is 12.0. The standard InChI is InChI=1S/C15H15N3O2/c1-16-13-8-4-3-7-12(13)15(20)18-17-10-11-6-2-5-9-14(11)19/h2-10,16,19H,1H3,(H,18,20)/b17-10-. The fourth-order valence-corrected chi connectivity index (χ4v) is 1.72. The molecular formula is C15H15N3O2. The molecular weight excluding hydrogens is 254 g/mol. The zero-order valence-electron chi connectivity index (χ0n) is 11.0. The monoisotopic (exact) mass is 269 g/mol. The Kier molecular flexibility index (Phi) is 4.34. The first-order chi connectivity index (χ1) is 9.72. The normalized spacial score (nSPS) is 10.4. The lowest BCUT2D eigenvalue weighted by molar-refractivity contribution is 0.0956. The van der Waals surface area contributed by atoms with E-state index in [-0.39, 0.29) is 11.7 Å². The van der Waals surface area contributed by atoms with Gasteiger partial charge in [-0.25, -0.2) is 5.43 Å². The molecule has 3 N–H and O–H groups in total. The van der Waals surface area contributed by atoms with Crippen molar-refractivity contribution in [2.24, 2.45) is 5.10 Å². The highest BCUT2D eigenvalue weighted by Crippen LogP contribution is 2.14. The van der Waals surface area contributed by atoms with Crippen LogP contribution < -0.4 is 10.7 Å². The number of hydrogen-bond acceptors (Lipinski definition) is 4. The predicted octanol–water partition coefficient (Wildman–Crippen LogP) is 2.20. The van der Waals surface area contributed by atoms with Crippen molar-refractivity contribution >= 4 is 17.8 Å². The fourth-order valence-electron chi connectivity index (χ4n) is 1.72. The van der Waals surface area contributed by atoms with Crippen LogP contribution in [0.5, 0.6) is 5.75 Å². The first-order valence-electron chi connectivity index (χ1n) is 6.10. The maximum absolute atomic E-state index is 12.0. The Bertz CT molecular complexity index is 639. The topological polar surface area (TPSA) is 73.7 Å². The zero-order valence-corrected chi connectivity index (χ0v) is 11.0. The summed E-state index contributed by atoms with van der Waals surface area (Å²) in [6.07, 6.45) is 1.40. The van der Waals surface area contributed by atoms with Crippen LogP contribution in [0.1, 0.15) is 15.9 Å². The molecule has 0 atom stereocenters. The Balaban J connectivity index is 2.07. The van der Waals surface area contributed by atoms with Gasteiger partial charge in [0, 0.05) is 18.3 Å². The minimum Gasteiger partial charge on any atom is -0.507 e. The third-order valence-electron chi connectivity index (χ3n) is 2.75. The van der Waals surface area contributed by atoms with Gasteiger partial charge in [0.05, 0.1) is 11.8 Å². The van der Waals surface area contributed by atoms with Crippen LogP contribution in [0.15, 0.2) is 53.6 Å². The lowest BCUT2D eigenvalue weighted by Gasteiger charge is -2.06. The third-order valence-corrected chi connectivity index (χ3v) is 2.75. The van der Waals surface area contributed by atoms with E-state index < -0.39 is 0 Å². The van der Waals surface area contributed by atoms with Crippen LogP contribution in [-0.4, -0.2) is 24.3 Å². The number of rotatable bonds is 4. The molecule has 0 aliphatic rings. The molecule has 0 fully saturated rings. The van der Waals surface area contributed by atoms with Crippen molar-refractivity contribution in [3.05, 3.63) is 59.7 Å². The van der Waals surface area contributed by atoms with E-state index in [1.54, 1.807) is 43.4 Å². The number of nitrogens with one attached hydrogen (secondary N) is 2. The maximum atomic E-state index is 12.0. The number of aromatic hydroxyl groups is 1. The van der Waals surface area contributed by atoms with Crippen LogP contribution in [0.4, 0.5) is 5.69 Å². The number of para-hydroxylation sites is 2. The molecule has 5 nitrogen and oxygen atoms in total. The molecule has 5 heteroatoms. The van der Waals surface area contributed by atoms with E-state index in [0.29, 0.717) is 11.1 Å². The Labute approximate surface area is 117 Å². The number of phenolic OH excluding ortho intramolecular Hbond substituents is 1. The molecule has 0 bridgehead atoms. The van der Waals surface area contributed by atoms with Crippen LogP contribution in [0, 0.1) is 0 Å². The van der Waals surface area contributed by atoms with Gasteiger partial charge >= 0.3 is 0 Å². The molecule has 0 unspecified atom stereocenters. The molecule has 0 heterocycles. The van der Waals surface area contributed by atoms with Crippen molar-refractivity contribution in [1.29, 1.82) is 0 Å². The average Bonchev–Trinajstić information content (AvgIpc) is 2.49. The first-order valence-corrected chi connectivity index (χ1v) is 6.10. The van der Waals surface area contributed by atoms with Crippen LogP contribution in [0.25, 0.3) is 0 Å². The third kappa shape index (κ3) is 3.14. The summed E-state index contributed by atoms with van der Waals surface area (Å²) < 4.78 is 0. The quantitative estimate of drug-likeness (QED) is 0.588. The van der Waals surface area contributed by atoms with Gasteiger partial charge in [-0.05, 0) is 24.3 Å². The lowest BCUT2D eigenvalue weighted by atomic mass is 10.1. The smallest absolute Gasteiger partial charge is 0.273 e. The van der Waals surface area contributed by atoms with E-state index in [4.69, 9.17) is 0 Å². The van der Waals surface area contributed by atoms with Gasteiger partial charge in [0.15, 0.2) is 0 Å². The van der Waals surface area contributed by atoms with E-state index in [0.717, 1.165) is 5.69 Å². The number of phenols is 1. The van der Waals surface area contributed by atoms with Gasteiger partial charge < -0.3 is 10.4 Å². The highest BCUT2D eigenvalue weighted by Gasteiger charge is 2.08. The molecule has 0 aliphatic carbocycles. The van der Waals surface area contributed by atoms with Gasteiger partial charge in [-0.15, -0.1) is 0 Å². The van der Waals surface area contributed by atoms with Crippen LogP contribution in [0.3, 0.4) is 0 Å². The van der Waals surface area contributed by atoms with E-state index in [1.165, 1.54) is 6.21 Å². The van der Waals surface area contributed by atoms with Crippen LogP contribution in [0.2, 0.25) is 0 Å². The van der Waals surface area contributed by atoms with E-state index >= 15 is 0 Å². The number of benzene rings is 2. The molecule has 0 saturated carbocycles. The summed E-state index contributed by atoms with van der Waals surface area (Å²) in [7, 11) is 1.75. The summed E-state index contributed by atoms with van der Waals surface area (Å²) in [6, 6.07) is 13.9. The first kappa shape index (κ1) is 13.6. The Morgan fingerprint density at radius 1 is 1.15 bits per heavy atom. The van der Waals surface area contributed by atoms with Crippen molar-refractivity contribution in [3.8, 4) is 5.75 Å². The maximum Gasteiger partial charge on any atom is 0.273 e. The summed E-state index contributed by atoms with van der Waals surface area (Å²) in [6.45, 7) is 0. The SMILES string of the molecule is CNc1ccccc1C(=O)N/N=C\c1ccccc1O. The van der Waals surface area contributed by atoms with Crippen molar-refractivity contribution in [2.45, 2.75) is 0 Å². The molecule has 0 spiro atoms. The van der Waals surface area contributed by atoms with Gasteiger partial charge in [0.1, 0.15) is 5.75 Å². The number of hydrazone groups is 1. The van der Waals surface area contributed by atoms with Gasteiger partial charge in [0.25, 0.3) is 5.91 Å². The molecule has 102 valence electrons. The largest absolute Gasteiger partial charge is 0.507 e. The van der Waals surface area contributed by atoms with Crippen LogP contribution >= 0.6 is 0 Å². The van der Waals surface area contributed by atoms with Gasteiger partial charge in [0.2, 0.25) is 0 Å². The highest BCUT2D eigenvalue weighted by atomic mass is 16.3. The highest BCUT2D eigenvalue weighted by molar-refractivity contribution is 6.00. The molecule has 0 aliphatic heterocycles. The number of carbonyl (C=O) groups is 1. The summed E-state index contributed by atoms with van der Waals surface area (Å²) in [5.41, 5.74) is 4.19. The van der Waals surface area contributed by atoms with Gasteiger partial charge in [-0.1, -0.05) is 24.3 Å². The minimum atomic E-state index is -0.318. The van der Waals surface area contributed by atoms with Crippen molar-refractivity contribution in [1.82, 2.24) is 5.43 Å².